The summed E-state index contributed by atoms with van der Waals surface area (Å²) in [6.45, 7) is 1.59. The fraction of sp³-hybridized carbons (Fsp3) is 0.133. The van der Waals surface area contributed by atoms with E-state index in [1.165, 1.54) is 12.1 Å². The van der Waals surface area contributed by atoms with Crippen LogP contribution < -0.4 is 4.72 Å². The molecule has 0 saturated heterocycles. The topological polar surface area (TPSA) is 124 Å². The van der Waals surface area contributed by atoms with Crippen LogP contribution in [0.4, 0.5) is 5.69 Å². The second kappa shape index (κ2) is 6.27. The van der Waals surface area contributed by atoms with Gasteiger partial charge in [-0.05, 0) is 42.8 Å². The van der Waals surface area contributed by atoms with Crippen LogP contribution in [0.3, 0.4) is 0 Å². The average Bonchev–Trinajstić information content (AvgIpc) is 2.47. The van der Waals surface area contributed by atoms with E-state index in [1.54, 1.807) is 19.1 Å². The van der Waals surface area contributed by atoms with Crippen molar-refractivity contribution in [3.8, 4) is 5.75 Å². The van der Waals surface area contributed by atoms with Crippen LogP contribution in [-0.4, -0.2) is 29.7 Å². The molecule has 1 atom stereocenters. The number of carboxylic acid groups (broad SMARTS) is 1. The Kier molecular flexibility index (Phi) is 4.57. The van der Waals surface area contributed by atoms with Crippen molar-refractivity contribution in [1.82, 2.24) is 0 Å². The molecule has 122 valence electrons. The van der Waals surface area contributed by atoms with E-state index in [0.717, 1.165) is 18.2 Å². The molecule has 0 fully saturated rings. The minimum Gasteiger partial charge on any atom is -0.507 e. The Morgan fingerprint density at radius 2 is 1.74 bits per heavy atom. The number of anilines is 1. The summed E-state index contributed by atoms with van der Waals surface area (Å²) in [7, 11) is -4.01. The van der Waals surface area contributed by atoms with Crippen molar-refractivity contribution >= 4 is 21.7 Å². The maximum atomic E-state index is 12.3. The van der Waals surface area contributed by atoms with E-state index in [1.807, 2.05) is 0 Å². The van der Waals surface area contributed by atoms with Gasteiger partial charge in [-0.2, -0.15) is 0 Å². The molecule has 1 unspecified atom stereocenters. The van der Waals surface area contributed by atoms with E-state index >= 15 is 0 Å². The predicted molar refractivity (Wildman–Crippen MR) is 83.0 cm³/mol. The first-order chi connectivity index (χ1) is 10.7. The van der Waals surface area contributed by atoms with E-state index < -0.39 is 33.4 Å². The van der Waals surface area contributed by atoms with Gasteiger partial charge in [0.2, 0.25) is 0 Å². The molecule has 0 aliphatic heterocycles. The van der Waals surface area contributed by atoms with Crippen molar-refractivity contribution < 1.29 is 28.5 Å². The Labute approximate surface area is 132 Å². The third kappa shape index (κ3) is 3.79. The van der Waals surface area contributed by atoms with Gasteiger partial charge in [0.1, 0.15) is 11.3 Å². The number of aromatic carboxylic acids is 1. The number of rotatable bonds is 5. The highest BCUT2D eigenvalue weighted by Crippen LogP contribution is 2.24. The Morgan fingerprint density at radius 3 is 2.26 bits per heavy atom. The van der Waals surface area contributed by atoms with Gasteiger partial charge < -0.3 is 15.3 Å². The van der Waals surface area contributed by atoms with Crippen LogP contribution in [0.1, 0.15) is 28.9 Å². The quantitative estimate of drug-likeness (QED) is 0.661. The van der Waals surface area contributed by atoms with Crippen LogP contribution in [0.2, 0.25) is 0 Å². The molecule has 0 saturated carbocycles. The van der Waals surface area contributed by atoms with Crippen molar-refractivity contribution in [2.24, 2.45) is 0 Å². The zero-order valence-electron chi connectivity index (χ0n) is 12.1. The first kappa shape index (κ1) is 16.8. The number of aliphatic hydroxyl groups excluding tert-OH is 1. The molecular weight excluding hydrogens is 322 g/mol. The summed E-state index contributed by atoms with van der Waals surface area (Å²) in [6, 6.07) is 9.10. The number of carboxylic acids is 1. The zero-order chi connectivity index (χ0) is 17.2. The predicted octanol–water partition coefficient (Wildman–Crippen LogP) is 1.94. The number of hydrogen-bond acceptors (Lipinski definition) is 5. The van der Waals surface area contributed by atoms with Crippen LogP contribution in [0.25, 0.3) is 0 Å². The van der Waals surface area contributed by atoms with Gasteiger partial charge in [0.05, 0.1) is 11.0 Å². The van der Waals surface area contributed by atoms with Crippen molar-refractivity contribution in [3.05, 3.63) is 53.6 Å². The summed E-state index contributed by atoms with van der Waals surface area (Å²) in [5.74, 6) is -1.95. The van der Waals surface area contributed by atoms with Gasteiger partial charge in [-0.1, -0.05) is 12.1 Å². The fourth-order valence-corrected chi connectivity index (χ4v) is 2.98. The fourth-order valence-electron chi connectivity index (χ4n) is 1.90. The first-order valence-electron chi connectivity index (χ1n) is 6.58. The molecule has 0 aromatic heterocycles. The van der Waals surface area contributed by atoms with E-state index in [2.05, 4.69) is 4.72 Å². The van der Waals surface area contributed by atoms with Crippen molar-refractivity contribution in [2.75, 3.05) is 4.72 Å². The second-order valence-corrected chi connectivity index (χ2v) is 6.57. The lowest BCUT2D eigenvalue weighted by Crippen LogP contribution is -2.14. The number of aromatic hydroxyl groups is 1. The highest BCUT2D eigenvalue weighted by atomic mass is 32.2. The van der Waals surface area contributed by atoms with Crippen LogP contribution in [0.15, 0.2) is 47.4 Å². The van der Waals surface area contributed by atoms with Gasteiger partial charge in [-0.15, -0.1) is 0 Å². The molecule has 0 bridgehead atoms. The number of sulfonamides is 1. The number of benzene rings is 2. The van der Waals surface area contributed by atoms with Gasteiger partial charge in [0.25, 0.3) is 10.0 Å². The molecule has 7 nitrogen and oxygen atoms in total. The van der Waals surface area contributed by atoms with E-state index in [4.69, 9.17) is 5.11 Å². The van der Waals surface area contributed by atoms with Gasteiger partial charge in [-0.25, -0.2) is 13.2 Å². The van der Waals surface area contributed by atoms with Crippen molar-refractivity contribution in [3.63, 3.8) is 0 Å². The number of aliphatic hydroxyl groups is 1. The average molecular weight is 337 g/mol. The smallest absolute Gasteiger partial charge is 0.339 e. The lowest BCUT2D eigenvalue weighted by Gasteiger charge is -2.10. The van der Waals surface area contributed by atoms with Gasteiger partial charge in [-0.3, -0.25) is 4.72 Å². The minimum atomic E-state index is -4.01. The van der Waals surface area contributed by atoms with E-state index in [-0.39, 0.29) is 10.6 Å². The standard InChI is InChI=1S/C15H15NO6S/c1-9(17)10-2-4-11(5-3-10)16-23(21,22)12-6-7-14(18)13(8-12)15(19)20/h2-9,16-18H,1H3,(H,19,20). The van der Waals surface area contributed by atoms with E-state index in [0.29, 0.717) is 5.56 Å². The molecule has 4 N–H and O–H groups in total. The molecule has 2 aromatic rings. The van der Waals surface area contributed by atoms with Crippen LogP contribution in [0.5, 0.6) is 5.75 Å². The number of nitrogens with one attached hydrogen (secondary N) is 1. The first-order valence-corrected chi connectivity index (χ1v) is 8.06. The SMILES string of the molecule is CC(O)c1ccc(NS(=O)(=O)c2ccc(O)c(C(=O)O)c2)cc1. The lowest BCUT2D eigenvalue weighted by atomic mass is 10.1. The third-order valence-electron chi connectivity index (χ3n) is 3.15. The molecule has 0 spiro atoms. The summed E-state index contributed by atoms with van der Waals surface area (Å²) in [6.07, 6.45) is -0.670. The molecule has 0 heterocycles. The van der Waals surface area contributed by atoms with Gasteiger partial charge in [0, 0.05) is 5.69 Å². The maximum absolute atomic E-state index is 12.3. The molecule has 2 rings (SSSR count). The number of phenols is 1. The second-order valence-electron chi connectivity index (χ2n) is 4.89. The zero-order valence-corrected chi connectivity index (χ0v) is 12.9. The number of hydrogen-bond donors (Lipinski definition) is 4. The normalized spacial score (nSPS) is 12.6. The highest BCUT2D eigenvalue weighted by molar-refractivity contribution is 7.92. The van der Waals surface area contributed by atoms with Crippen molar-refractivity contribution in [2.45, 2.75) is 17.9 Å². The summed E-state index contributed by atoms with van der Waals surface area (Å²) >= 11 is 0. The van der Waals surface area contributed by atoms with Crippen LogP contribution in [0, 0.1) is 0 Å². The summed E-state index contributed by atoms with van der Waals surface area (Å²) in [5.41, 5.74) is 0.391. The van der Waals surface area contributed by atoms with E-state index in [9.17, 15) is 23.4 Å². The Bertz CT molecular complexity index is 828. The summed E-state index contributed by atoms with van der Waals surface area (Å²) in [5, 5.41) is 27.8. The Morgan fingerprint density at radius 1 is 1.13 bits per heavy atom. The van der Waals surface area contributed by atoms with Gasteiger partial charge >= 0.3 is 5.97 Å². The molecule has 0 aliphatic rings. The van der Waals surface area contributed by atoms with Crippen LogP contribution >= 0.6 is 0 Å². The summed E-state index contributed by atoms with van der Waals surface area (Å²) in [4.78, 5) is 10.7. The molecule has 8 heteroatoms. The molecule has 23 heavy (non-hydrogen) atoms. The van der Waals surface area contributed by atoms with Gasteiger partial charge in [0.15, 0.2) is 0 Å². The highest BCUT2D eigenvalue weighted by Gasteiger charge is 2.19. The molecule has 0 aliphatic carbocycles. The lowest BCUT2D eigenvalue weighted by molar-refractivity contribution is 0.0693. The third-order valence-corrected chi connectivity index (χ3v) is 4.53. The monoisotopic (exact) mass is 337 g/mol. The Balaban J connectivity index is 2.32. The molecule has 0 radical (unpaired) electrons. The number of carbonyl (C=O) groups is 1. The maximum Gasteiger partial charge on any atom is 0.339 e. The minimum absolute atomic E-state index is 0.263. The van der Waals surface area contributed by atoms with Crippen molar-refractivity contribution in [1.29, 1.82) is 0 Å². The van der Waals surface area contributed by atoms with Crippen LogP contribution in [-0.2, 0) is 10.0 Å². The molecule has 0 amide bonds. The Hall–Kier alpha value is -2.58. The molecule has 2 aromatic carbocycles. The largest absolute Gasteiger partial charge is 0.507 e. The summed E-state index contributed by atoms with van der Waals surface area (Å²) < 4.78 is 26.8. The molecular formula is C15H15NO6S.